The van der Waals surface area contributed by atoms with Crippen LogP contribution in [0.3, 0.4) is 0 Å². The molecule has 2 aliphatic rings. The number of rotatable bonds is 4. The molecule has 0 spiro atoms. The lowest BCUT2D eigenvalue weighted by atomic mass is 9.92. The minimum absolute atomic E-state index is 0.0267. The zero-order valence-electron chi connectivity index (χ0n) is 16.9. The average molecular weight is 380 g/mol. The third-order valence-electron chi connectivity index (χ3n) is 5.75. The minimum Gasteiger partial charge on any atom is -0.361 e. The van der Waals surface area contributed by atoms with Crippen molar-refractivity contribution in [1.82, 2.24) is 24.7 Å². The molecule has 3 aromatic heterocycles. The first-order valence-electron chi connectivity index (χ1n) is 10.2. The molecule has 0 bridgehead atoms. The SMILES string of the molecule is CC(C)(C)c1cc2c(N3CCN(Cc4cc(C5CC5)on4)CC3)nccn2n1. The van der Waals surface area contributed by atoms with Crippen LogP contribution in [0.25, 0.3) is 5.52 Å². The molecule has 3 aromatic rings. The van der Waals surface area contributed by atoms with Crippen molar-refractivity contribution in [3.05, 3.63) is 41.7 Å². The molecule has 148 valence electrons. The predicted octanol–water partition coefficient (Wildman–Crippen LogP) is 3.21. The van der Waals surface area contributed by atoms with Crippen LogP contribution < -0.4 is 4.90 Å². The maximum absolute atomic E-state index is 5.49. The van der Waals surface area contributed by atoms with E-state index in [-0.39, 0.29) is 5.41 Å². The molecule has 0 radical (unpaired) electrons. The molecule has 4 heterocycles. The highest BCUT2D eigenvalue weighted by Gasteiger charge is 2.28. The van der Waals surface area contributed by atoms with Gasteiger partial charge in [-0.05, 0) is 18.9 Å². The number of hydrogen-bond acceptors (Lipinski definition) is 6. The van der Waals surface area contributed by atoms with Gasteiger partial charge in [0.15, 0.2) is 5.82 Å². The van der Waals surface area contributed by atoms with Crippen LogP contribution in [0.1, 0.15) is 56.7 Å². The summed E-state index contributed by atoms with van der Waals surface area (Å²) in [7, 11) is 0. The van der Waals surface area contributed by atoms with E-state index in [2.05, 4.69) is 52.8 Å². The lowest BCUT2D eigenvalue weighted by molar-refractivity contribution is 0.241. The summed E-state index contributed by atoms with van der Waals surface area (Å²) >= 11 is 0. The van der Waals surface area contributed by atoms with E-state index in [1.807, 2.05) is 16.9 Å². The molecule has 5 rings (SSSR count). The standard InChI is InChI=1S/C21H28N6O/c1-21(2,3)19-13-17-20(22-6-7-27(17)23-19)26-10-8-25(9-11-26)14-16-12-18(28-24-16)15-4-5-15/h6-7,12-13,15H,4-5,8-11,14H2,1-3H3. The van der Waals surface area contributed by atoms with Crippen LogP contribution >= 0.6 is 0 Å². The van der Waals surface area contributed by atoms with Gasteiger partial charge in [0, 0.05) is 62.5 Å². The van der Waals surface area contributed by atoms with Crippen molar-refractivity contribution < 1.29 is 4.52 Å². The van der Waals surface area contributed by atoms with Gasteiger partial charge in [0.05, 0.1) is 11.4 Å². The molecule has 1 aliphatic heterocycles. The summed E-state index contributed by atoms with van der Waals surface area (Å²) in [5, 5.41) is 9.01. The highest BCUT2D eigenvalue weighted by atomic mass is 16.5. The Morgan fingerprint density at radius 1 is 1.11 bits per heavy atom. The van der Waals surface area contributed by atoms with Gasteiger partial charge in [-0.2, -0.15) is 5.10 Å². The second-order valence-corrected chi connectivity index (χ2v) is 9.12. The Morgan fingerprint density at radius 3 is 2.61 bits per heavy atom. The van der Waals surface area contributed by atoms with Gasteiger partial charge in [-0.25, -0.2) is 9.50 Å². The van der Waals surface area contributed by atoms with Gasteiger partial charge < -0.3 is 9.42 Å². The second-order valence-electron chi connectivity index (χ2n) is 9.12. The Morgan fingerprint density at radius 2 is 1.89 bits per heavy atom. The van der Waals surface area contributed by atoms with Crippen LogP contribution in [0.2, 0.25) is 0 Å². The Hall–Kier alpha value is -2.41. The highest BCUT2D eigenvalue weighted by molar-refractivity contribution is 5.69. The Balaban J connectivity index is 1.27. The van der Waals surface area contributed by atoms with Gasteiger partial charge in [0.1, 0.15) is 11.3 Å². The third kappa shape index (κ3) is 3.39. The van der Waals surface area contributed by atoms with E-state index in [1.165, 1.54) is 12.8 Å². The summed E-state index contributed by atoms with van der Waals surface area (Å²) < 4.78 is 7.45. The van der Waals surface area contributed by atoms with E-state index in [9.17, 15) is 0 Å². The average Bonchev–Trinajstić information content (AvgIpc) is 3.24. The van der Waals surface area contributed by atoms with E-state index >= 15 is 0 Å². The first kappa shape index (κ1) is 17.7. The van der Waals surface area contributed by atoms with Crippen molar-refractivity contribution in [2.24, 2.45) is 0 Å². The summed E-state index contributed by atoms with van der Waals surface area (Å²) in [4.78, 5) is 9.50. The normalized spacial score (nSPS) is 18.9. The van der Waals surface area contributed by atoms with Crippen molar-refractivity contribution in [3.63, 3.8) is 0 Å². The number of fused-ring (bicyclic) bond motifs is 1. The maximum Gasteiger partial charge on any atom is 0.154 e. The monoisotopic (exact) mass is 380 g/mol. The van der Waals surface area contributed by atoms with Crippen molar-refractivity contribution in [2.45, 2.75) is 51.5 Å². The Labute approximate surface area is 165 Å². The molecule has 0 amide bonds. The van der Waals surface area contributed by atoms with Gasteiger partial charge in [-0.3, -0.25) is 4.90 Å². The van der Waals surface area contributed by atoms with Crippen LogP contribution in [-0.2, 0) is 12.0 Å². The zero-order chi connectivity index (χ0) is 19.3. The number of aromatic nitrogens is 4. The molecular formula is C21H28N6O. The van der Waals surface area contributed by atoms with Crippen LogP contribution in [0.5, 0.6) is 0 Å². The molecule has 0 atom stereocenters. The molecule has 28 heavy (non-hydrogen) atoms. The van der Waals surface area contributed by atoms with Crippen molar-refractivity contribution in [3.8, 4) is 0 Å². The molecule has 2 fully saturated rings. The zero-order valence-corrected chi connectivity index (χ0v) is 16.9. The third-order valence-corrected chi connectivity index (χ3v) is 5.75. The Kier molecular flexibility index (Phi) is 4.16. The Bertz CT molecular complexity index is 972. The highest BCUT2D eigenvalue weighted by Crippen LogP contribution is 2.40. The lowest BCUT2D eigenvalue weighted by Gasteiger charge is -2.35. The van der Waals surface area contributed by atoms with Crippen molar-refractivity contribution >= 4 is 11.3 Å². The first-order chi connectivity index (χ1) is 13.5. The fourth-order valence-electron chi connectivity index (χ4n) is 3.83. The van der Waals surface area contributed by atoms with E-state index in [0.29, 0.717) is 5.92 Å². The molecule has 0 unspecified atom stereocenters. The van der Waals surface area contributed by atoms with Crippen LogP contribution in [0, 0.1) is 0 Å². The number of hydrogen-bond donors (Lipinski definition) is 0. The van der Waals surface area contributed by atoms with E-state index < -0.39 is 0 Å². The van der Waals surface area contributed by atoms with Gasteiger partial charge in [-0.15, -0.1) is 0 Å². The summed E-state index contributed by atoms with van der Waals surface area (Å²) in [6.07, 6.45) is 6.28. The van der Waals surface area contributed by atoms with E-state index in [0.717, 1.165) is 61.2 Å². The molecule has 7 nitrogen and oxygen atoms in total. The van der Waals surface area contributed by atoms with Crippen molar-refractivity contribution in [1.29, 1.82) is 0 Å². The fourth-order valence-corrected chi connectivity index (χ4v) is 3.83. The van der Waals surface area contributed by atoms with E-state index in [4.69, 9.17) is 9.62 Å². The fraction of sp³-hybridized carbons (Fsp3) is 0.571. The molecule has 1 aliphatic carbocycles. The van der Waals surface area contributed by atoms with Crippen LogP contribution in [0.15, 0.2) is 29.0 Å². The van der Waals surface area contributed by atoms with Gasteiger partial charge in [-0.1, -0.05) is 25.9 Å². The number of anilines is 1. The molecule has 1 saturated heterocycles. The van der Waals surface area contributed by atoms with Gasteiger partial charge in [0.25, 0.3) is 0 Å². The second kappa shape index (κ2) is 6.58. The molecule has 0 aromatic carbocycles. The minimum atomic E-state index is 0.0267. The lowest BCUT2D eigenvalue weighted by Crippen LogP contribution is -2.46. The van der Waals surface area contributed by atoms with Gasteiger partial charge >= 0.3 is 0 Å². The van der Waals surface area contributed by atoms with Crippen LogP contribution in [-0.4, -0.2) is 50.8 Å². The first-order valence-corrected chi connectivity index (χ1v) is 10.2. The summed E-state index contributed by atoms with van der Waals surface area (Å²) in [6, 6.07) is 4.33. The molecular weight excluding hydrogens is 352 g/mol. The maximum atomic E-state index is 5.49. The largest absolute Gasteiger partial charge is 0.361 e. The molecule has 7 heteroatoms. The summed E-state index contributed by atoms with van der Waals surface area (Å²) in [6.45, 7) is 11.3. The topological polar surface area (TPSA) is 62.7 Å². The summed E-state index contributed by atoms with van der Waals surface area (Å²) in [5.41, 5.74) is 3.27. The van der Waals surface area contributed by atoms with Gasteiger partial charge in [0.2, 0.25) is 0 Å². The molecule has 1 saturated carbocycles. The van der Waals surface area contributed by atoms with Crippen molar-refractivity contribution in [2.75, 3.05) is 31.1 Å². The predicted molar refractivity (Wildman–Crippen MR) is 108 cm³/mol. The number of piperazine rings is 1. The summed E-state index contributed by atoms with van der Waals surface area (Å²) in [5.74, 6) is 2.72. The molecule has 0 N–H and O–H groups in total. The van der Waals surface area contributed by atoms with Crippen LogP contribution in [0.4, 0.5) is 5.82 Å². The van der Waals surface area contributed by atoms with E-state index in [1.54, 1.807) is 0 Å². The smallest absolute Gasteiger partial charge is 0.154 e. The quantitative estimate of drug-likeness (QED) is 0.693. The number of nitrogens with zero attached hydrogens (tertiary/aromatic N) is 6.